The number of hydrogen-bond donors (Lipinski definition) is 3. The van der Waals surface area contributed by atoms with Gasteiger partial charge in [0.15, 0.2) is 0 Å². The molecule has 176 valence electrons. The van der Waals surface area contributed by atoms with Gasteiger partial charge >= 0.3 is 7.12 Å². The third kappa shape index (κ3) is 7.17. The normalized spacial score (nSPS) is 15.2. The highest BCUT2D eigenvalue weighted by Gasteiger charge is 2.33. The van der Waals surface area contributed by atoms with E-state index in [0.717, 1.165) is 31.2 Å². The molecule has 1 aliphatic carbocycles. The minimum atomic E-state index is -1.59. The second kappa shape index (κ2) is 12.0. The van der Waals surface area contributed by atoms with E-state index in [0.29, 0.717) is 24.0 Å². The van der Waals surface area contributed by atoms with E-state index in [1.165, 1.54) is 6.42 Å². The van der Waals surface area contributed by atoms with E-state index in [4.69, 9.17) is 0 Å². The van der Waals surface area contributed by atoms with Crippen LogP contribution < -0.4 is 10.8 Å². The molecule has 0 saturated heterocycles. The summed E-state index contributed by atoms with van der Waals surface area (Å²) in [7, 11) is -1.59. The fraction of sp³-hybridized carbons (Fsp3) is 0.462. The average Bonchev–Trinajstić information content (AvgIpc) is 2.80. The lowest BCUT2D eigenvalue weighted by molar-refractivity contribution is -0.142. The first-order valence-corrected chi connectivity index (χ1v) is 11.9. The van der Waals surface area contributed by atoms with Gasteiger partial charge in [-0.3, -0.25) is 9.59 Å². The van der Waals surface area contributed by atoms with Gasteiger partial charge in [-0.25, -0.2) is 0 Å². The molecular weight excluding hydrogens is 415 g/mol. The summed E-state index contributed by atoms with van der Waals surface area (Å²) < 4.78 is 0. The van der Waals surface area contributed by atoms with Crippen molar-refractivity contribution in [2.45, 2.75) is 71.0 Å². The van der Waals surface area contributed by atoms with Crippen LogP contribution in [0.2, 0.25) is 0 Å². The largest absolute Gasteiger partial charge is 0.488 e. The quantitative estimate of drug-likeness (QED) is 0.513. The molecule has 0 aliphatic heterocycles. The third-order valence-corrected chi connectivity index (χ3v) is 6.16. The Kier molecular flexibility index (Phi) is 9.09. The van der Waals surface area contributed by atoms with Crippen LogP contribution in [-0.4, -0.2) is 39.9 Å². The summed E-state index contributed by atoms with van der Waals surface area (Å²) in [6, 6.07) is 15.6. The van der Waals surface area contributed by atoms with Gasteiger partial charge in [0, 0.05) is 19.0 Å². The van der Waals surface area contributed by atoms with Crippen molar-refractivity contribution in [2.24, 2.45) is 5.92 Å². The molecule has 3 rings (SSSR count). The van der Waals surface area contributed by atoms with E-state index in [9.17, 15) is 19.6 Å². The predicted octanol–water partition coefficient (Wildman–Crippen LogP) is 2.93. The lowest BCUT2D eigenvalue weighted by Gasteiger charge is -2.34. The summed E-state index contributed by atoms with van der Waals surface area (Å²) in [5.74, 6) is -0.110. The Balaban J connectivity index is 1.97. The van der Waals surface area contributed by atoms with Gasteiger partial charge in [0.05, 0.1) is 0 Å². The molecule has 33 heavy (non-hydrogen) atoms. The van der Waals surface area contributed by atoms with Gasteiger partial charge in [0.25, 0.3) is 0 Å². The van der Waals surface area contributed by atoms with Crippen LogP contribution in [-0.2, 0) is 16.1 Å². The van der Waals surface area contributed by atoms with Crippen LogP contribution in [0.15, 0.2) is 54.6 Å². The number of carbonyl (C=O) groups excluding carboxylic acids is 2. The molecule has 0 radical (unpaired) electrons. The van der Waals surface area contributed by atoms with Gasteiger partial charge in [0.1, 0.15) is 6.04 Å². The topological polar surface area (TPSA) is 89.9 Å². The van der Waals surface area contributed by atoms with E-state index < -0.39 is 13.2 Å². The van der Waals surface area contributed by atoms with E-state index in [2.05, 4.69) is 5.32 Å². The summed E-state index contributed by atoms with van der Waals surface area (Å²) in [6.45, 7) is 4.31. The molecule has 1 atom stereocenters. The van der Waals surface area contributed by atoms with Crippen LogP contribution in [0, 0.1) is 5.92 Å². The van der Waals surface area contributed by atoms with Gasteiger partial charge in [-0.05, 0) is 35.3 Å². The Morgan fingerprint density at radius 3 is 2.21 bits per heavy atom. The Morgan fingerprint density at radius 2 is 1.64 bits per heavy atom. The van der Waals surface area contributed by atoms with Crippen molar-refractivity contribution < 1.29 is 19.6 Å². The molecule has 0 aromatic heterocycles. The lowest BCUT2D eigenvalue weighted by Crippen LogP contribution is -2.47. The van der Waals surface area contributed by atoms with Crippen molar-refractivity contribution in [2.75, 3.05) is 0 Å². The van der Waals surface area contributed by atoms with Crippen molar-refractivity contribution in [3.8, 4) is 0 Å². The van der Waals surface area contributed by atoms with E-state index in [1.54, 1.807) is 29.2 Å². The number of nitrogens with one attached hydrogen (secondary N) is 1. The van der Waals surface area contributed by atoms with E-state index >= 15 is 0 Å². The number of amides is 2. The Labute approximate surface area is 197 Å². The van der Waals surface area contributed by atoms with Gasteiger partial charge in [-0.1, -0.05) is 87.7 Å². The maximum absolute atomic E-state index is 13.6. The maximum Gasteiger partial charge on any atom is 0.488 e. The highest BCUT2D eigenvalue weighted by Crippen LogP contribution is 2.27. The first-order chi connectivity index (χ1) is 15.8. The molecule has 0 bridgehead atoms. The molecular formula is C26H35BN2O4. The molecule has 0 spiro atoms. The van der Waals surface area contributed by atoms with Gasteiger partial charge < -0.3 is 20.3 Å². The van der Waals surface area contributed by atoms with Gasteiger partial charge in [-0.2, -0.15) is 0 Å². The first kappa shape index (κ1) is 25.0. The lowest BCUT2D eigenvalue weighted by atomic mass is 9.79. The van der Waals surface area contributed by atoms with Crippen molar-refractivity contribution in [3.05, 3.63) is 65.7 Å². The zero-order chi connectivity index (χ0) is 23.8. The zero-order valence-electron chi connectivity index (χ0n) is 19.6. The molecule has 2 aromatic rings. The number of hydrogen-bond acceptors (Lipinski definition) is 4. The molecule has 6 nitrogen and oxygen atoms in total. The average molecular weight is 450 g/mol. The van der Waals surface area contributed by atoms with Crippen LogP contribution in [0.4, 0.5) is 0 Å². The van der Waals surface area contributed by atoms with E-state index in [1.807, 2.05) is 44.2 Å². The molecule has 1 saturated carbocycles. The predicted molar refractivity (Wildman–Crippen MR) is 130 cm³/mol. The SMILES string of the molecule is CC(C)CC(=O)N(Cc1ccccc1)C(C(=O)NC1CCCCC1)c1ccc(B(O)O)cc1. The molecule has 1 aliphatic rings. The molecule has 1 fully saturated rings. The molecule has 2 aromatic carbocycles. The van der Waals surface area contributed by atoms with Crippen LogP contribution in [0.5, 0.6) is 0 Å². The second-order valence-corrected chi connectivity index (χ2v) is 9.39. The van der Waals surface area contributed by atoms with Gasteiger partial charge in [-0.15, -0.1) is 0 Å². The van der Waals surface area contributed by atoms with Crippen LogP contribution in [0.3, 0.4) is 0 Å². The van der Waals surface area contributed by atoms with Crippen LogP contribution in [0.25, 0.3) is 0 Å². The minimum absolute atomic E-state index is 0.0797. The second-order valence-electron chi connectivity index (χ2n) is 9.39. The number of nitrogens with zero attached hydrogens (tertiary/aromatic N) is 1. The fourth-order valence-corrected chi connectivity index (χ4v) is 4.42. The molecule has 7 heteroatoms. The molecule has 0 heterocycles. The Morgan fingerprint density at radius 1 is 1.00 bits per heavy atom. The molecule has 3 N–H and O–H groups in total. The smallest absolute Gasteiger partial charge is 0.423 e. The highest BCUT2D eigenvalue weighted by atomic mass is 16.4. The third-order valence-electron chi connectivity index (χ3n) is 6.16. The summed E-state index contributed by atoms with van der Waals surface area (Å²) in [4.78, 5) is 28.7. The standard InChI is InChI=1S/C26H35BN2O4/c1-19(2)17-24(30)29(18-20-9-5-3-6-10-20)25(21-13-15-22(16-14-21)27(32)33)26(31)28-23-11-7-4-8-12-23/h3,5-6,9-10,13-16,19,23,25,32-33H,4,7-8,11-12,17-18H2,1-2H3,(H,28,31). The highest BCUT2D eigenvalue weighted by molar-refractivity contribution is 6.58. The van der Waals surface area contributed by atoms with Crippen LogP contribution >= 0.6 is 0 Å². The fourth-order valence-electron chi connectivity index (χ4n) is 4.42. The number of carbonyl (C=O) groups is 2. The monoisotopic (exact) mass is 450 g/mol. The van der Waals surface area contributed by atoms with E-state index in [-0.39, 0.29) is 23.8 Å². The minimum Gasteiger partial charge on any atom is -0.423 e. The van der Waals surface area contributed by atoms with Crippen molar-refractivity contribution in [1.82, 2.24) is 10.2 Å². The first-order valence-electron chi connectivity index (χ1n) is 11.9. The van der Waals surface area contributed by atoms with Crippen molar-refractivity contribution >= 4 is 24.4 Å². The Hall–Kier alpha value is -2.64. The molecule has 2 amide bonds. The summed E-state index contributed by atoms with van der Waals surface area (Å²) in [6.07, 6.45) is 5.62. The van der Waals surface area contributed by atoms with Crippen LogP contribution in [0.1, 0.15) is 69.5 Å². The summed E-state index contributed by atoms with van der Waals surface area (Å²) in [5, 5.41) is 22.2. The Bertz CT molecular complexity index is 896. The summed E-state index contributed by atoms with van der Waals surface area (Å²) in [5.41, 5.74) is 1.95. The molecule has 1 unspecified atom stereocenters. The summed E-state index contributed by atoms with van der Waals surface area (Å²) >= 11 is 0. The number of benzene rings is 2. The maximum atomic E-state index is 13.6. The zero-order valence-corrected chi connectivity index (χ0v) is 19.6. The van der Waals surface area contributed by atoms with Crippen molar-refractivity contribution in [3.63, 3.8) is 0 Å². The number of rotatable bonds is 9. The van der Waals surface area contributed by atoms with Crippen molar-refractivity contribution in [1.29, 1.82) is 0 Å². The van der Waals surface area contributed by atoms with Gasteiger partial charge in [0.2, 0.25) is 11.8 Å².